The summed E-state index contributed by atoms with van der Waals surface area (Å²) < 4.78 is 1.63. The third-order valence-corrected chi connectivity index (χ3v) is 2.09. The van der Waals surface area contributed by atoms with Crippen LogP contribution in [0.15, 0.2) is 29.6 Å². The fourth-order valence-electron chi connectivity index (χ4n) is 1.41. The van der Waals surface area contributed by atoms with Crippen molar-refractivity contribution in [2.75, 3.05) is 0 Å². The van der Waals surface area contributed by atoms with Gasteiger partial charge in [0, 0.05) is 12.7 Å². The standard InChI is InChI=1S/C10H11N3O/c1-2-5-13-7-12-9-6-11-4-3-8(9)10(13)14/h3-4,6-7H,2,5H2,1H3. The van der Waals surface area contributed by atoms with E-state index in [0.29, 0.717) is 17.4 Å². The van der Waals surface area contributed by atoms with Crippen molar-refractivity contribution in [2.24, 2.45) is 0 Å². The molecule has 0 N–H and O–H groups in total. The molecule has 0 saturated heterocycles. The van der Waals surface area contributed by atoms with Gasteiger partial charge in [-0.1, -0.05) is 6.92 Å². The first-order valence-electron chi connectivity index (χ1n) is 4.62. The number of fused-ring (bicyclic) bond motifs is 1. The van der Waals surface area contributed by atoms with Crippen molar-refractivity contribution in [3.05, 3.63) is 35.1 Å². The first-order valence-corrected chi connectivity index (χ1v) is 4.62. The second kappa shape index (κ2) is 3.57. The number of hydrogen-bond donors (Lipinski definition) is 0. The molecule has 0 atom stereocenters. The van der Waals surface area contributed by atoms with E-state index in [1.807, 2.05) is 6.92 Å². The SMILES string of the molecule is CCCn1cnc2cnccc2c1=O. The molecule has 0 aliphatic carbocycles. The summed E-state index contributed by atoms with van der Waals surface area (Å²) in [6.07, 6.45) is 5.72. The molecule has 4 heteroatoms. The highest BCUT2D eigenvalue weighted by Gasteiger charge is 2.01. The van der Waals surface area contributed by atoms with Gasteiger partial charge in [-0.2, -0.15) is 0 Å². The van der Waals surface area contributed by atoms with Crippen molar-refractivity contribution in [3.63, 3.8) is 0 Å². The van der Waals surface area contributed by atoms with E-state index in [0.717, 1.165) is 6.42 Å². The van der Waals surface area contributed by atoms with Crippen LogP contribution in [0.3, 0.4) is 0 Å². The highest BCUT2D eigenvalue weighted by molar-refractivity contribution is 5.75. The smallest absolute Gasteiger partial charge is 0.261 e. The fourth-order valence-corrected chi connectivity index (χ4v) is 1.41. The molecule has 2 aromatic rings. The minimum atomic E-state index is 0.0132. The highest BCUT2D eigenvalue weighted by Crippen LogP contribution is 2.02. The summed E-state index contributed by atoms with van der Waals surface area (Å²) in [7, 11) is 0. The quantitative estimate of drug-likeness (QED) is 0.713. The lowest BCUT2D eigenvalue weighted by Crippen LogP contribution is -2.20. The molecule has 0 radical (unpaired) electrons. The first kappa shape index (κ1) is 8.87. The number of pyridine rings is 1. The van der Waals surface area contributed by atoms with Crippen molar-refractivity contribution in [1.29, 1.82) is 0 Å². The molecule has 0 bridgehead atoms. The van der Waals surface area contributed by atoms with E-state index in [-0.39, 0.29) is 5.56 Å². The van der Waals surface area contributed by atoms with Gasteiger partial charge in [0.05, 0.1) is 23.4 Å². The molecule has 14 heavy (non-hydrogen) atoms. The zero-order chi connectivity index (χ0) is 9.97. The largest absolute Gasteiger partial charge is 0.299 e. The Balaban J connectivity index is 2.69. The third-order valence-electron chi connectivity index (χ3n) is 2.09. The average Bonchev–Trinajstić information content (AvgIpc) is 2.23. The molecule has 2 rings (SSSR count). The zero-order valence-electron chi connectivity index (χ0n) is 7.97. The van der Waals surface area contributed by atoms with E-state index in [4.69, 9.17) is 0 Å². The van der Waals surface area contributed by atoms with Gasteiger partial charge in [0.1, 0.15) is 0 Å². The van der Waals surface area contributed by atoms with E-state index < -0.39 is 0 Å². The number of rotatable bonds is 2. The van der Waals surface area contributed by atoms with E-state index in [1.165, 1.54) is 0 Å². The Bertz CT molecular complexity index is 504. The van der Waals surface area contributed by atoms with E-state index >= 15 is 0 Å². The topological polar surface area (TPSA) is 47.8 Å². The Morgan fingerprint density at radius 1 is 1.50 bits per heavy atom. The van der Waals surface area contributed by atoms with Crippen LogP contribution in [0.25, 0.3) is 10.9 Å². The number of hydrogen-bond acceptors (Lipinski definition) is 3. The van der Waals surface area contributed by atoms with Gasteiger partial charge < -0.3 is 0 Å². The summed E-state index contributed by atoms with van der Waals surface area (Å²) in [5, 5.41) is 0.635. The Kier molecular flexibility index (Phi) is 2.26. The Morgan fingerprint density at radius 3 is 3.14 bits per heavy atom. The lowest BCUT2D eigenvalue weighted by molar-refractivity contribution is 0.647. The van der Waals surface area contributed by atoms with Crippen LogP contribution in [0, 0.1) is 0 Å². The molecule has 4 nitrogen and oxygen atoms in total. The molecule has 0 aliphatic rings. The number of aryl methyl sites for hydroxylation is 1. The number of aromatic nitrogens is 3. The van der Waals surface area contributed by atoms with Gasteiger partial charge >= 0.3 is 0 Å². The molecule has 2 heterocycles. The van der Waals surface area contributed by atoms with Crippen LogP contribution in [-0.2, 0) is 6.54 Å². The van der Waals surface area contributed by atoms with Gasteiger partial charge in [-0.15, -0.1) is 0 Å². The maximum absolute atomic E-state index is 11.8. The maximum Gasteiger partial charge on any atom is 0.261 e. The van der Waals surface area contributed by atoms with Gasteiger partial charge in [0.15, 0.2) is 0 Å². The van der Waals surface area contributed by atoms with Crippen LogP contribution in [0.1, 0.15) is 13.3 Å². The third kappa shape index (κ3) is 1.39. The first-order chi connectivity index (χ1) is 6.83. The van der Waals surface area contributed by atoms with Gasteiger partial charge in [0.25, 0.3) is 5.56 Å². The second-order valence-corrected chi connectivity index (χ2v) is 3.14. The molecule has 0 saturated carbocycles. The molecule has 0 aromatic carbocycles. The van der Waals surface area contributed by atoms with E-state index in [2.05, 4.69) is 9.97 Å². The summed E-state index contributed by atoms with van der Waals surface area (Å²) in [6, 6.07) is 1.71. The van der Waals surface area contributed by atoms with Crippen molar-refractivity contribution < 1.29 is 0 Å². The summed E-state index contributed by atoms with van der Waals surface area (Å²) >= 11 is 0. The molecule has 0 amide bonds. The minimum absolute atomic E-state index is 0.0132. The van der Waals surface area contributed by atoms with Gasteiger partial charge in [-0.25, -0.2) is 4.98 Å². The molecule has 0 spiro atoms. The summed E-state index contributed by atoms with van der Waals surface area (Å²) in [4.78, 5) is 19.9. The summed E-state index contributed by atoms with van der Waals surface area (Å²) in [5.74, 6) is 0. The lowest BCUT2D eigenvalue weighted by atomic mass is 10.3. The average molecular weight is 189 g/mol. The van der Waals surface area contributed by atoms with Gasteiger partial charge in [-0.05, 0) is 12.5 Å². The Morgan fingerprint density at radius 2 is 2.36 bits per heavy atom. The van der Waals surface area contributed by atoms with Crippen LogP contribution >= 0.6 is 0 Å². The lowest BCUT2D eigenvalue weighted by Gasteiger charge is -2.03. The fraction of sp³-hybridized carbons (Fsp3) is 0.300. The highest BCUT2D eigenvalue weighted by atomic mass is 16.1. The van der Waals surface area contributed by atoms with Crippen LogP contribution < -0.4 is 5.56 Å². The molecule has 0 aliphatic heterocycles. The van der Waals surface area contributed by atoms with E-state index in [9.17, 15) is 4.79 Å². The minimum Gasteiger partial charge on any atom is -0.299 e. The van der Waals surface area contributed by atoms with Crippen LogP contribution in [0.5, 0.6) is 0 Å². The van der Waals surface area contributed by atoms with Gasteiger partial charge in [-0.3, -0.25) is 14.3 Å². The summed E-state index contributed by atoms with van der Waals surface area (Å²) in [5.41, 5.74) is 0.670. The molecular weight excluding hydrogens is 178 g/mol. The molecule has 0 unspecified atom stereocenters. The number of nitrogens with zero attached hydrogens (tertiary/aromatic N) is 3. The maximum atomic E-state index is 11.8. The normalized spacial score (nSPS) is 10.6. The zero-order valence-corrected chi connectivity index (χ0v) is 7.97. The second-order valence-electron chi connectivity index (χ2n) is 3.14. The molecule has 72 valence electrons. The monoisotopic (exact) mass is 189 g/mol. The summed E-state index contributed by atoms with van der Waals surface area (Å²) in [6.45, 7) is 2.74. The van der Waals surface area contributed by atoms with Gasteiger partial charge in [0.2, 0.25) is 0 Å². The Hall–Kier alpha value is -1.71. The van der Waals surface area contributed by atoms with Crippen LogP contribution in [-0.4, -0.2) is 14.5 Å². The van der Waals surface area contributed by atoms with Crippen molar-refractivity contribution in [3.8, 4) is 0 Å². The van der Waals surface area contributed by atoms with Crippen LogP contribution in [0.2, 0.25) is 0 Å². The molecule has 2 aromatic heterocycles. The van der Waals surface area contributed by atoms with E-state index in [1.54, 1.807) is 29.4 Å². The predicted molar refractivity (Wildman–Crippen MR) is 54.1 cm³/mol. The van der Waals surface area contributed by atoms with Crippen molar-refractivity contribution in [1.82, 2.24) is 14.5 Å². The predicted octanol–water partition coefficient (Wildman–Crippen LogP) is 1.20. The molecule has 0 fully saturated rings. The van der Waals surface area contributed by atoms with Crippen LogP contribution in [0.4, 0.5) is 0 Å². The Labute approximate surface area is 81.2 Å². The molecular formula is C10H11N3O. The van der Waals surface area contributed by atoms with Crippen molar-refractivity contribution >= 4 is 10.9 Å². The van der Waals surface area contributed by atoms with Crippen molar-refractivity contribution in [2.45, 2.75) is 19.9 Å².